The molecule has 17 heavy (non-hydrogen) atoms. The number of methoxy groups -OCH3 is 1. The molecular formula is C14H24N2O. The largest absolute Gasteiger partial charge is 0.495 e. The fourth-order valence-corrected chi connectivity index (χ4v) is 1.74. The zero-order valence-corrected chi connectivity index (χ0v) is 11.5. The fraction of sp³-hybridized carbons (Fsp3) is 0.571. The number of rotatable bonds is 5. The van der Waals surface area contributed by atoms with Crippen molar-refractivity contribution in [1.29, 1.82) is 0 Å². The van der Waals surface area contributed by atoms with Crippen LogP contribution < -0.4 is 15.4 Å². The minimum atomic E-state index is 0.298. The highest BCUT2D eigenvalue weighted by Crippen LogP contribution is 2.31. The molecule has 1 atom stereocenters. The first kappa shape index (κ1) is 13.8. The second kappa shape index (κ2) is 5.92. The Kier molecular flexibility index (Phi) is 4.82. The number of anilines is 1. The van der Waals surface area contributed by atoms with Crippen LogP contribution in [0.1, 0.15) is 32.3 Å². The molecule has 96 valence electrons. The van der Waals surface area contributed by atoms with E-state index in [0.29, 0.717) is 18.5 Å². The van der Waals surface area contributed by atoms with E-state index in [-0.39, 0.29) is 0 Å². The molecule has 0 spiro atoms. The fourth-order valence-electron chi connectivity index (χ4n) is 1.74. The standard InChI is InChI=1S/C14H24N2O/c1-10(2)12-6-7-14(17-5)13(8-12)16(4)11(3)9-15/h6-8,10-11H,9,15H2,1-5H3. The number of ether oxygens (including phenoxy) is 1. The Labute approximate surface area is 105 Å². The van der Waals surface area contributed by atoms with Crippen molar-refractivity contribution in [3.05, 3.63) is 23.8 Å². The molecule has 0 aromatic heterocycles. The number of nitrogens with zero attached hydrogens (tertiary/aromatic N) is 1. The molecule has 1 rings (SSSR count). The molecule has 0 heterocycles. The topological polar surface area (TPSA) is 38.5 Å². The van der Waals surface area contributed by atoms with Crippen molar-refractivity contribution in [2.75, 3.05) is 25.6 Å². The first-order chi connectivity index (χ1) is 8.01. The van der Waals surface area contributed by atoms with Crippen LogP contribution in [0.5, 0.6) is 5.75 Å². The molecule has 1 unspecified atom stereocenters. The van der Waals surface area contributed by atoms with Crippen LogP contribution in [0.3, 0.4) is 0 Å². The molecule has 3 heteroatoms. The smallest absolute Gasteiger partial charge is 0.142 e. The van der Waals surface area contributed by atoms with Crippen LogP contribution in [-0.4, -0.2) is 26.7 Å². The highest BCUT2D eigenvalue weighted by atomic mass is 16.5. The van der Waals surface area contributed by atoms with Gasteiger partial charge in [-0.15, -0.1) is 0 Å². The second-order valence-electron chi connectivity index (χ2n) is 4.78. The zero-order chi connectivity index (χ0) is 13.0. The summed E-state index contributed by atoms with van der Waals surface area (Å²) in [4.78, 5) is 2.17. The monoisotopic (exact) mass is 236 g/mol. The zero-order valence-electron chi connectivity index (χ0n) is 11.5. The summed E-state index contributed by atoms with van der Waals surface area (Å²) in [6, 6.07) is 6.64. The van der Waals surface area contributed by atoms with E-state index in [4.69, 9.17) is 10.5 Å². The Bertz CT molecular complexity index is 363. The molecular weight excluding hydrogens is 212 g/mol. The summed E-state index contributed by atoms with van der Waals surface area (Å²) in [5, 5.41) is 0. The molecule has 0 amide bonds. The Morgan fingerprint density at radius 3 is 2.41 bits per heavy atom. The average Bonchev–Trinajstić information content (AvgIpc) is 2.35. The van der Waals surface area contributed by atoms with Gasteiger partial charge in [0.15, 0.2) is 0 Å². The summed E-state index contributed by atoms with van der Waals surface area (Å²) in [6.07, 6.45) is 0. The number of likely N-dealkylation sites (N-methyl/N-ethyl adjacent to an activating group) is 1. The minimum absolute atomic E-state index is 0.298. The second-order valence-corrected chi connectivity index (χ2v) is 4.78. The van der Waals surface area contributed by atoms with E-state index in [2.05, 4.69) is 44.9 Å². The normalized spacial score (nSPS) is 12.6. The van der Waals surface area contributed by atoms with Crippen molar-refractivity contribution in [2.24, 2.45) is 5.73 Å². The molecule has 0 aliphatic heterocycles. The third-order valence-corrected chi connectivity index (χ3v) is 3.25. The van der Waals surface area contributed by atoms with E-state index in [0.717, 1.165) is 11.4 Å². The molecule has 2 N–H and O–H groups in total. The van der Waals surface area contributed by atoms with Crippen LogP contribution in [0.2, 0.25) is 0 Å². The first-order valence-corrected chi connectivity index (χ1v) is 6.12. The SMILES string of the molecule is COc1ccc(C(C)C)cc1N(C)C(C)CN. The summed E-state index contributed by atoms with van der Waals surface area (Å²) >= 11 is 0. The van der Waals surface area contributed by atoms with Gasteiger partial charge in [0.05, 0.1) is 12.8 Å². The van der Waals surface area contributed by atoms with Crippen LogP contribution in [0.15, 0.2) is 18.2 Å². The van der Waals surface area contributed by atoms with Gasteiger partial charge in [-0.2, -0.15) is 0 Å². The van der Waals surface area contributed by atoms with Gasteiger partial charge in [-0.1, -0.05) is 19.9 Å². The van der Waals surface area contributed by atoms with Crippen molar-refractivity contribution in [3.63, 3.8) is 0 Å². The predicted molar refractivity (Wildman–Crippen MR) is 74.0 cm³/mol. The summed E-state index contributed by atoms with van der Waals surface area (Å²) in [7, 11) is 3.76. The molecule has 1 aromatic carbocycles. The molecule has 3 nitrogen and oxygen atoms in total. The van der Waals surface area contributed by atoms with Crippen LogP contribution in [0.25, 0.3) is 0 Å². The highest BCUT2D eigenvalue weighted by Gasteiger charge is 2.14. The van der Waals surface area contributed by atoms with Gasteiger partial charge in [0.2, 0.25) is 0 Å². The Morgan fingerprint density at radius 1 is 1.29 bits per heavy atom. The number of hydrogen-bond donors (Lipinski definition) is 1. The van der Waals surface area contributed by atoms with Crippen LogP contribution >= 0.6 is 0 Å². The average molecular weight is 236 g/mol. The van der Waals surface area contributed by atoms with Gasteiger partial charge in [-0.05, 0) is 30.5 Å². The summed E-state index contributed by atoms with van der Waals surface area (Å²) in [5.74, 6) is 1.42. The number of nitrogens with two attached hydrogens (primary N) is 1. The van der Waals surface area contributed by atoms with Crippen molar-refractivity contribution in [2.45, 2.75) is 32.7 Å². The van der Waals surface area contributed by atoms with E-state index in [1.807, 2.05) is 6.07 Å². The van der Waals surface area contributed by atoms with Crippen molar-refractivity contribution < 1.29 is 4.74 Å². The van der Waals surface area contributed by atoms with E-state index < -0.39 is 0 Å². The van der Waals surface area contributed by atoms with Gasteiger partial charge in [-0.25, -0.2) is 0 Å². The number of benzene rings is 1. The van der Waals surface area contributed by atoms with Gasteiger partial charge < -0.3 is 15.4 Å². The molecule has 0 fully saturated rings. The van der Waals surface area contributed by atoms with Crippen molar-refractivity contribution in [1.82, 2.24) is 0 Å². The molecule has 0 aliphatic rings. The maximum absolute atomic E-state index is 5.72. The van der Waals surface area contributed by atoms with E-state index in [9.17, 15) is 0 Å². The Balaban J connectivity index is 3.13. The first-order valence-electron chi connectivity index (χ1n) is 6.12. The highest BCUT2D eigenvalue weighted by molar-refractivity contribution is 5.60. The van der Waals surface area contributed by atoms with Crippen molar-refractivity contribution in [3.8, 4) is 5.75 Å². The third-order valence-electron chi connectivity index (χ3n) is 3.25. The molecule has 0 radical (unpaired) electrons. The number of hydrogen-bond acceptors (Lipinski definition) is 3. The Morgan fingerprint density at radius 2 is 1.94 bits per heavy atom. The van der Waals surface area contributed by atoms with Crippen LogP contribution in [0.4, 0.5) is 5.69 Å². The molecule has 0 saturated carbocycles. The lowest BCUT2D eigenvalue weighted by Gasteiger charge is -2.28. The van der Waals surface area contributed by atoms with E-state index in [1.54, 1.807) is 7.11 Å². The van der Waals surface area contributed by atoms with Gasteiger partial charge in [0, 0.05) is 19.6 Å². The van der Waals surface area contributed by atoms with Gasteiger partial charge in [-0.3, -0.25) is 0 Å². The van der Waals surface area contributed by atoms with Crippen LogP contribution in [-0.2, 0) is 0 Å². The van der Waals surface area contributed by atoms with Gasteiger partial charge >= 0.3 is 0 Å². The lowest BCUT2D eigenvalue weighted by molar-refractivity contribution is 0.413. The summed E-state index contributed by atoms with van der Waals surface area (Å²) in [6.45, 7) is 7.13. The Hall–Kier alpha value is -1.22. The van der Waals surface area contributed by atoms with E-state index >= 15 is 0 Å². The molecule has 0 bridgehead atoms. The van der Waals surface area contributed by atoms with E-state index in [1.165, 1.54) is 5.56 Å². The van der Waals surface area contributed by atoms with Crippen LogP contribution in [0, 0.1) is 0 Å². The maximum Gasteiger partial charge on any atom is 0.142 e. The third kappa shape index (κ3) is 3.13. The summed E-state index contributed by atoms with van der Waals surface area (Å²) in [5.41, 5.74) is 8.14. The predicted octanol–water partition coefficient (Wildman–Crippen LogP) is 2.60. The van der Waals surface area contributed by atoms with Gasteiger partial charge in [0.25, 0.3) is 0 Å². The maximum atomic E-state index is 5.72. The van der Waals surface area contributed by atoms with Gasteiger partial charge in [0.1, 0.15) is 5.75 Å². The lowest BCUT2D eigenvalue weighted by atomic mass is 10.0. The molecule has 0 saturated heterocycles. The molecule has 0 aliphatic carbocycles. The molecule has 1 aromatic rings. The summed E-state index contributed by atoms with van der Waals surface area (Å²) < 4.78 is 5.41. The quantitative estimate of drug-likeness (QED) is 0.854. The lowest BCUT2D eigenvalue weighted by Crippen LogP contribution is -2.35. The van der Waals surface area contributed by atoms with Crippen molar-refractivity contribution >= 4 is 5.69 Å². The minimum Gasteiger partial charge on any atom is -0.495 e.